The molecule has 1 aliphatic carbocycles. The maximum absolute atomic E-state index is 11.8. The van der Waals surface area contributed by atoms with Crippen molar-refractivity contribution in [1.82, 2.24) is 10.2 Å². The van der Waals surface area contributed by atoms with Gasteiger partial charge in [-0.15, -0.1) is 0 Å². The summed E-state index contributed by atoms with van der Waals surface area (Å²) >= 11 is 0. The lowest BCUT2D eigenvalue weighted by molar-refractivity contribution is -0.132. The minimum Gasteiger partial charge on any atom is -0.391 e. The van der Waals surface area contributed by atoms with Gasteiger partial charge in [0, 0.05) is 19.5 Å². The van der Waals surface area contributed by atoms with Crippen molar-refractivity contribution in [3.05, 3.63) is 0 Å². The fourth-order valence-corrected chi connectivity index (χ4v) is 2.98. The predicted octanol–water partition coefficient (Wildman–Crippen LogP) is 0.666. The Morgan fingerprint density at radius 1 is 1.21 bits per heavy atom. The van der Waals surface area contributed by atoms with Crippen molar-refractivity contribution in [3.63, 3.8) is 0 Å². The summed E-state index contributed by atoms with van der Waals surface area (Å²) in [5.41, 5.74) is 0. The highest BCUT2D eigenvalue weighted by molar-refractivity contribution is 5.84. The van der Waals surface area contributed by atoms with Gasteiger partial charge >= 0.3 is 0 Å². The lowest BCUT2D eigenvalue weighted by Crippen LogP contribution is -2.39. The summed E-state index contributed by atoms with van der Waals surface area (Å²) in [6.45, 7) is 1.06. The van der Waals surface area contributed by atoms with E-state index in [1.54, 1.807) is 4.90 Å². The van der Waals surface area contributed by atoms with E-state index in [1.807, 2.05) is 0 Å². The Kier molecular flexibility index (Phi) is 5.19. The van der Waals surface area contributed by atoms with Crippen LogP contribution in [0.4, 0.5) is 0 Å². The fraction of sp³-hybridized carbons (Fsp3) is 0.857. The zero-order chi connectivity index (χ0) is 13.7. The number of carbonyl (C=O) groups excluding carboxylic acids is 2. The summed E-state index contributed by atoms with van der Waals surface area (Å²) in [6.07, 6.45) is 6.80. The van der Waals surface area contributed by atoms with Crippen molar-refractivity contribution in [2.75, 3.05) is 19.6 Å². The van der Waals surface area contributed by atoms with Crippen LogP contribution in [0.3, 0.4) is 0 Å². The second kappa shape index (κ2) is 6.89. The molecule has 2 amide bonds. The average molecular weight is 268 g/mol. The van der Waals surface area contributed by atoms with Crippen LogP contribution in [0, 0.1) is 5.92 Å². The van der Waals surface area contributed by atoms with E-state index < -0.39 is 6.10 Å². The van der Waals surface area contributed by atoms with Crippen molar-refractivity contribution in [3.8, 4) is 0 Å². The van der Waals surface area contributed by atoms with Gasteiger partial charge in [0.25, 0.3) is 0 Å². The van der Waals surface area contributed by atoms with Crippen LogP contribution in [0.25, 0.3) is 0 Å². The number of aliphatic hydroxyl groups is 1. The second-order valence-electron chi connectivity index (χ2n) is 5.75. The van der Waals surface area contributed by atoms with Gasteiger partial charge in [-0.3, -0.25) is 9.59 Å². The number of β-amino-alcohol motifs (C(OH)–C–C–N with tert-alkyl or cyclic N) is 1. The molecule has 2 fully saturated rings. The molecule has 2 rings (SSSR count). The van der Waals surface area contributed by atoms with E-state index in [0.29, 0.717) is 31.8 Å². The van der Waals surface area contributed by atoms with Gasteiger partial charge in [-0.05, 0) is 18.8 Å². The molecule has 1 saturated carbocycles. The van der Waals surface area contributed by atoms with E-state index >= 15 is 0 Å². The molecular weight excluding hydrogens is 244 g/mol. The maximum Gasteiger partial charge on any atom is 0.242 e. The van der Waals surface area contributed by atoms with Gasteiger partial charge < -0.3 is 15.3 Å². The van der Waals surface area contributed by atoms with Crippen LogP contribution in [0.1, 0.15) is 44.9 Å². The smallest absolute Gasteiger partial charge is 0.242 e. The molecule has 108 valence electrons. The Hall–Kier alpha value is -1.10. The van der Waals surface area contributed by atoms with Crippen molar-refractivity contribution < 1.29 is 14.7 Å². The third-order valence-corrected chi connectivity index (χ3v) is 4.21. The van der Waals surface area contributed by atoms with Gasteiger partial charge in [-0.25, -0.2) is 0 Å². The third kappa shape index (κ3) is 4.49. The van der Waals surface area contributed by atoms with E-state index in [1.165, 1.54) is 25.7 Å². The van der Waals surface area contributed by atoms with Crippen LogP contribution in [-0.2, 0) is 9.59 Å². The van der Waals surface area contributed by atoms with Crippen LogP contribution in [0.5, 0.6) is 0 Å². The Balaban J connectivity index is 1.58. The number of rotatable bonds is 5. The molecule has 1 saturated heterocycles. The zero-order valence-corrected chi connectivity index (χ0v) is 11.4. The highest BCUT2D eigenvalue weighted by Gasteiger charge is 2.24. The monoisotopic (exact) mass is 268 g/mol. The molecule has 5 nitrogen and oxygen atoms in total. The predicted molar refractivity (Wildman–Crippen MR) is 71.4 cm³/mol. The summed E-state index contributed by atoms with van der Waals surface area (Å²) < 4.78 is 0. The first-order chi connectivity index (χ1) is 9.15. The van der Waals surface area contributed by atoms with Crippen molar-refractivity contribution >= 4 is 11.8 Å². The molecule has 1 heterocycles. The maximum atomic E-state index is 11.8. The highest BCUT2D eigenvalue weighted by Crippen LogP contribution is 2.28. The first-order valence-corrected chi connectivity index (χ1v) is 7.37. The summed E-state index contributed by atoms with van der Waals surface area (Å²) in [5.74, 6) is 0.584. The summed E-state index contributed by atoms with van der Waals surface area (Å²) in [5, 5.41) is 12.0. The molecule has 0 radical (unpaired) electrons. The highest BCUT2D eigenvalue weighted by atomic mass is 16.3. The standard InChI is InChI=1S/C14H24N2O3/c17-12-7-8-16(10-12)14(19)9-15-13(18)6-5-11-3-1-2-4-11/h11-12,17H,1-10H2,(H,15,18)/t12-/m1/s1. The average Bonchev–Trinajstić information content (AvgIpc) is 3.04. The van der Waals surface area contributed by atoms with E-state index in [4.69, 9.17) is 0 Å². The quantitative estimate of drug-likeness (QED) is 0.770. The Morgan fingerprint density at radius 2 is 1.95 bits per heavy atom. The lowest BCUT2D eigenvalue weighted by Gasteiger charge is -2.16. The minimum atomic E-state index is -0.401. The second-order valence-corrected chi connectivity index (χ2v) is 5.75. The normalized spacial score (nSPS) is 23.8. The van der Waals surface area contributed by atoms with Crippen LogP contribution >= 0.6 is 0 Å². The van der Waals surface area contributed by atoms with Gasteiger partial charge in [0.05, 0.1) is 12.6 Å². The molecule has 0 spiro atoms. The first-order valence-electron chi connectivity index (χ1n) is 7.37. The molecule has 1 aliphatic heterocycles. The molecule has 2 N–H and O–H groups in total. The van der Waals surface area contributed by atoms with Gasteiger partial charge in [-0.1, -0.05) is 25.7 Å². The molecule has 19 heavy (non-hydrogen) atoms. The molecule has 0 aromatic heterocycles. The molecule has 0 bridgehead atoms. The SMILES string of the molecule is O=C(CCC1CCCC1)NCC(=O)N1CC[C@@H](O)C1. The number of nitrogens with one attached hydrogen (secondary N) is 1. The fourth-order valence-electron chi connectivity index (χ4n) is 2.98. The van der Waals surface area contributed by atoms with Gasteiger partial charge in [-0.2, -0.15) is 0 Å². The molecular formula is C14H24N2O3. The number of carbonyl (C=O) groups is 2. The summed E-state index contributed by atoms with van der Waals surface area (Å²) in [6, 6.07) is 0. The van der Waals surface area contributed by atoms with Crippen molar-refractivity contribution in [2.45, 2.75) is 51.0 Å². The van der Waals surface area contributed by atoms with E-state index in [2.05, 4.69) is 5.32 Å². The van der Waals surface area contributed by atoms with Crippen LogP contribution in [0.2, 0.25) is 0 Å². The molecule has 2 aliphatic rings. The lowest BCUT2D eigenvalue weighted by atomic mass is 10.0. The molecule has 0 aromatic carbocycles. The number of amides is 2. The van der Waals surface area contributed by atoms with Gasteiger partial charge in [0.1, 0.15) is 0 Å². The number of hydrogen-bond donors (Lipinski definition) is 2. The molecule has 0 aromatic rings. The number of hydrogen-bond acceptors (Lipinski definition) is 3. The number of aliphatic hydroxyl groups excluding tert-OH is 1. The summed E-state index contributed by atoms with van der Waals surface area (Å²) in [4.78, 5) is 25.0. The Morgan fingerprint density at radius 3 is 2.58 bits per heavy atom. The van der Waals surface area contributed by atoms with E-state index in [-0.39, 0.29) is 18.4 Å². The Labute approximate surface area is 114 Å². The summed E-state index contributed by atoms with van der Waals surface area (Å²) in [7, 11) is 0. The number of nitrogens with zero attached hydrogens (tertiary/aromatic N) is 1. The van der Waals surface area contributed by atoms with Crippen LogP contribution in [-0.4, -0.2) is 47.6 Å². The number of likely N-dealkylation sites (tertiary alicyclic amines) is 1. The van der Waals surface area contributed by atoms with Crippen molar-refractivity contribution in [2.24, 2.45) is 5.92 Å². The van der Waals surface area contributed by atoms with Crippen LogP contribution < -0.4 is 5.32 Å². The molecule has 1 atom stereocenters. The first kappa shape index (κ1) is 14.3. The molecule has 5 heteroatoms. The Bertz CT molecular complexity index is 327. The minimum absolute atomic E-state index is 0.0278. The largest absolute Gasteiger partial charge is 0.391 e. The third-order valence-electron chi connectivity index (χ3n) is 4.21. The van der Waals surface area contributed by atoms with Crippen molar-refractivity contribution in [1.29, 1.82) is 0 Å². The zero-order valence-electron chi connectivity index (χ0n) is 11.4. The topological polar surface area (TPSA) is 69.6 Å². The van der Waals surface area contributed by atoms with Gasteiger partial charge in [0.15, 0.2) is 0 Å². The van der Waals surface area contributed by atoms with E-state index in [9.17, 15) is 14.7 Å². The molecule has 0 unspecified atom stereocenters. The van der Waals surface area contributed by atoms with Gasteiger partial charge in [0.2, 0.25) is 11.8 Å². The van der Waals surface area contributed by atoms with Crippen LogP contribution in [0.15, 0.2) is 0 Å². The van der Waals surface area contributed by atoms with E-state index in [0.717, 1.165) is 6.42 Å².